The van der Waals surface area contributed by atoms with Crippen LogP contribution in [0.15, 0.2) is 127 Å². The molecule has 0 N–H and O–H groups in total. The SMILES string of the molecule is CC(=O)N1CCC(C(=O)/N=C/C(C(=O)N2CCC[C@H]2c2ncc(-c3ccc(-c4ccc(-c5cnc([C@@H]6CCCN6C(=O)Cc6ccccc6)s5)cc4)cc3)s2)c2ccccc2)CC1. The summed E-state index contributed by atoms with van der Waals surface area (Å²) in [7, 11) is 0. The fraction of sp³-hybridized carbons (Fsp3) is 0.314. The number of benzene rings is 4. The zero-order valence-electron chi connectivity index (χ0n) is 35.3. The Bertz CT molecular complexity index is 2580. The lowest BCUT2D eigenvalue weighted by Crippen LogP contribution is -2.39. The first kappa shape index (κ1) is 42.2. The van der Waals surface area contributed by atoms with Gasteiger partial charge in [0.15, 0.2) is 0 Å². The highest BCUT2D eigenvalue weighted by molar-refractivity contribution is 7.15. The maximum absolute atomic E-state index is 14.4. The summed E-state index contributed by atoms with van der Waals surface area (Å²) in [5.74, 6) is -1.09. The Labute approximate surface area is 376 Å². The van der Waals surface area contributed by atoms with E-state index in [4.69, 9.17) is 9.97 Å². The van der Waals surface area contributed by atoms with Crippen LogP contribution in [0.4, 0.5) is 0 Å². The molecule has 3 aliphatic heterocycles. The van der Waals surface area contributed by atoms with Gasteiger partial charge < -0.3 is 14.7 Å². The summed E-state index contributed by atoms with van der Waals surface area (Å²) in [6.45, 7) is 4.02. The second-order valence-corrected chi connectivity index (χ2v) is 18.8. The molecule has 0 spiro atoms. The van der Waals surface area contributed by atoms with E-state index in [0.29, 0.717) is 38.9 Å². The number of carbonyl (C=O) groups excluding carboxylic acids is 4. The molecule has 3 aliphatic rings. The zero-order valence-corrected chi connectivity index (χ0v) is 37.0. The highest BCUT2D eigenvalue weighted by Crippen LogP contribution is 2.41. The van der Waals surface area contributed by atoms with E-state index in [0.717, 1.165) is 85.4 Å². The first-order chi connectivity index (χ1) is 30.8. The van der Waals surface area contributed by atoms with Gasteiger partial charge in [-0.3, -0.25) is 19.2 Å². The van der Waals surface area contributed by atoms with E-state index in [1.54, 1.807) is 34.5 Å². The Morgan fingerprint density at radius 3 is 1.71 bits per heavy atom. The molecule has 320 valence electrons. The molecule has 0 bridgehead atoms. The van der Waals surface area contributed by atoms with Gasteiger partial charge in [-0.05, 0) is 71.9 Å². The fourth-order valence-electron chi connectivity index (χ4n) is 9.11. The number of nitrogens with zero attached hydrogens (tertiary/aromatic N) is 6. The predicted octanol–water partition coefficient (Wildman–Crippen LogP) is 9.81. The zero-order chi connectivity index (χ0) is 43.3. The normalized spacial score (nSPS) is 18.6. The van der Waals surface area contributed by atoms with Crippen molar-refractivity contribution in [1.82, 2.24) is 24.7 Å². The smallest absolute Gasteiger partial charge is 0.248 e. The van der Waals surface area contributed by atoms with Crippen molar-refractivity contribution in [2.75, 3.05) is 26.2 Å². The van der Waals surface area contributed by atoms with Crippen LogP contribution in [0, 0.1) is 5.92 Å². The minimum atomic E-state index is -0.696. The van der Waals surface area contributed by atoms with Crippen molar-refractivity contribution in [3.05, 3.63) is 143 Å². The van der Waals surface area contributed by atoms with Gasteiger partial charge in [-0.2, -0.15) is 0 Å². The van der Waals surface area contributed by atoms with Crippen LogP contribution in [0.5, 0.6) is 0 Å². The van der Waals surface area contributed by atoms with E-state index in [1.165, 1.54) is 6.21 Å². The minimum Gasteiger partial charge on any atom is -0.343 e. The molecule has 4 amide bonds. The first-order valence-electron chi connectivity index (χ1n) is 21.9. The number of aromatic nitrogens is 2. The van der Waals surface area contributed by atoms with Gasteiger partial charge >= 0.3 is 0 Å². The van der Waals surface area contributed by atoms with E-state index in [2.05, 4.69) is 53.5 Å². The second-order valence-electron chi connectivity index (χ2n) is 16.7. The third-order valence-electron chi connectivity index (χ3n) is 12.7. The molecular formula is C51H50N6O4S2. The summed E-state index contributed by atoms with van der Waals surface area (Å²) in [6, 6.07) is 36.5. The summed E-state index contributed by atoms with van der Waals surface area (Å²) in [6.07, 6.45) is 10.6. The van der Waals surface area contributed by atoms with Gasteiger partial charge in [-0.15, -0.1) is 22.7 Å². The molecular weight excluding hydrogens is 825 g/mol. The molecule has 6 aromatic rings. The summed E-state index contributed by atoms with van der Waals surface area (Å²) in [5, 5.41) is 1.90. The molecule has 12 heteroatoms. The molecule has 2 aromatic heterocycles. The molecule has 63 heavy (non-hydrogen) atoms. The van der Waals surface area contributed by atoms with Gasteiger partial charge in [0.1, 0.15) is 10.0 Å². The predicted molar refractivity (Wildman–Crippen MR) is 249 cm³/mol. The average Bonchev–Trinajstić information content (AvgIpc) is 4.18. The van der Waals surface area contributed by atoms with E-state index in [1.807, 2.05) is 82.9 Å². The van der Waals surface area contributed by atoms with Crippen molar-refractivity contribution in [3.63, 3.8) is 0 Å². The molecule has 9 rings (SSSR count). The summed E-state index contributed by atoms with van der Waals surface area (Å²) in [5.41, 5.74) is 6.23. The number of rotatable bonds is 11. The quantitative estimate of drug-likeness (QED) is 0.120. The Balaban J connectivity index is 0.842. The molecule has 3 atom stereocenters. The highest BCUT2D eigenvalue weighted by Gasteiger charge is 2.37. The van der Waals surface area contributed by atoms with Crippen LogP contribution in [0.2, 0.25) is 0 Å². The maximum Gasteiger partial charge on any atom is 0.248 e. The van der Waals surface area contributed by atoms with Crippen LogP contribution in [0.1, 0.15) is 84.6 Å². The monoisotopic (exact) mass is 874 g/mol. The Morgan fingerprint density at radius 2 is 1.16 bits per heavy atom. The van der Waals surface area contributed by atoms with Gasteiger partial charge in [0.05, 0.1) is 34.2 Å². The fourth-order valence-corrected chi connectivity index (χ4v) is 11.3. The Morgan fingerprint density at radius 1 is 0.651 bits per heavy atom. The van der Waals surface area contributed by atoms with Crippen molar-refractivity contribution in [2.45, 2.75) is 69.9 Å². The van der Waals surface area contributed by atoms with Crippen molar-refractivity contribution < 1.29 is 19.2 Å². The lowest BCUT2D eigenvalue weighted by atomic mass is 9.95. The van der Waals surface area contributed by atoms with E-state index >= 15 is 0 Å². The molecule has 5 heterocycles. The molecule has 3 saturated heterocycles. The lowest BCUT2D eigenvalue weighted by Gasteiger charge is -2.29. The van der Waals surface area contributed by atoms with Gasteiger partial charge in [-0.25, -0.2) is 15.0 Å². The molecule has 0 aliphatic carbocycles. The maximum atomic E-state index is 14.4. The number of aliphatic imine (C=N–C) groups is 1. The molecule has 10 nitrogen and oxygen atoms in total. The lowest BCUT2D eigenvalue weighted by molar-refractivity contribution is -0.133. The number of thiazole rings is 2. The third kappa shape index (κ3) is 9.47. The summed E-state index contributed by atoms with van der Waals surface area (Å²) in [4.78, 5) is 74.5. The average molecular weight is 875 g/mol. The van der Waals surface area contributed by atoms with Crippen molar-refractivity contribution >= 4 is 52.5 Å². The number of amides is 4. The second kappa shape index (κ2) is 19.1. The van der Waals surface area contributed by atoms with Crippen LogP contribution in [0.25, 0.3) is 32.0 Å². The first-order valence-corrected chi connectivity index (χ1v) is 23.6. The third-order valence-corrected chi connectivity index (χ3v) is 15.0. The topological polar surface area (TPSA) is 116 Å². The van der Waals surface area contributed by atoms with Gasteiger partial charge in [-0.1, -0.05) is 109 Å². The molecule has 3 fully saturated rings. The number of hydrogen-bond acceptors (Lipinski definition) is 8. The Hall–Kier alpha value is -6.11. The van der Waals surface area contributed by atoms with E-state index in [-0.39, 0.29) is 41.6 Å². The van der Waals surface area contributed by atoms with Gasteiger partial charge in [0.25, 0.3) is 0 Å². The minimum absolute atomic E-state index is 0.0214. The van der Waals surface area contributed by atoms with Gasteiger partial charge in [0, 0.05) is 57.6 Å². The molecule has 4 aromatic carbocycles. The van der Waals surface area contributed by atoms with Crippen LogP contribution < -0.4 is 0 Å². The standard InChI is InChI=1S/C51H50N6O4S2/c1-34(58)55-28-24-41(25-29-55)48(60)52-31-42(38-12-6-3-7-13-38)51(61)57-27-9-15-44(57)50-54-33-46(63-50)40-22-18-37(19-23-40)36-16-20-39(21-17-36)45-32-53-49(62-45)43-14-8-26-56(43)47(59)30-35-10-4-2-5-11-35/h2-7,10-13,16-23,31-33,41-44H,8-9,14-15,24-30H2,1H3/b52-31+/t42?,43-,44-/m0/s1. The van der Waals surface area contributed by atoms with Crippen LogP contribution >= 0.6 is 22.7 Å². The Kier molecular flexibility index (Phi) is 12.8. The molecule has 1 unspecified atom stereocenters. The highest BCUT2D eigenvalue weighted by atomic mass is 32.1. The largest absolute Gasteiger partial charge is 0.343 e. The number of likely N-dealkylation sites (tertiary alicyclic amines) is 3. The summed E-state index contributed by atoms with van der Waals surface area (Å²) < 4.78 is 0. The molecule has 0 radical (unpaired) electrons. The number of piperidine rings is 1. The number of carbonyl (C=O) groups is 4. The van der Waals surface area contributed by atoms with Crippen LogP contribution in [0.3, 0.4) is 0 Å². The summed E-state index contributed by atoms with van der Waals surface area (Å²) >= 11 is 3.29. The van der Waals surface area contributed by atoms with Gasteiger partial charge in [0.2, 0.25) is 23.6 Å². The van der Waals surface area contributed by atoms with Crippen molar-refractivity contribution in [2.24, 2.45) is 10.9 Å². The number of hydrogen-bond donors (Lipinski definition) is 0. The van der Waals surface area contributed by atoms with E-state index in [9.17, 15) is 19.2 Å². The van der Waals surface area contributed by atoms with Crippen molar-refractivity contribution in [3.8, 4) is 32.0 Å². The van der Waals surface area contributed by atoms with Crippen molar-refractivity contribution in [1.29, 1.82) is 0 Å². The van der Waals surface area contributed by atoms with E-state index < -0.39 is 5.92 Å². The van der Waals surface area contributed by atoms with Crippen LogP contribution in [-0.2, 0) is 25.6 Å². The molecule has 0 saturated carbocycles. The van der Waals surface area contributed by atoms with Crippen LogP contribution in [-0.4, -0.2) is 80.7 Å².